The molecule has 280 valence electrons. The van der Waals surface area contributed by atoms with Crippen molar-refractivity contribution in [2.45, 2.75) is 0 Å². The second-order valence-electron chi connectivity index (χ2n) is 15.6. The summed E-state index contributed by atoms with van der Waals surface area (Å²) in [6.45, 7) is 0. The minimum Gasteiger partial charge on any atom is -0.0622 e. The third-order valence-electron chi connectivity index (χ3n) is 12.1. The lowest BCUT2D eigenvalue weighted by Gasteiger charge is -2.19. The van der Waals surface area contributed by atoms with Crippen LogP contribution in [0.2, 0.25) is 0 Å². The molecule has 0 bridgehead atoms. The molecule has 0 saturated heterocycles. The zero-order chi connectivity index (χ0) is 39.8. The Labute approximate surface area is 351 Å². The van der Waals surface area contributed by atoms with E-state index in [2.05, 4.69) is 243 Å². The number of rotatable bonds is 7. The van der Waals surface area contributed by atoms with E-state index in [0.717, 1.165) is 0 Å². The predicted octanol–water partition coefficient (Wildman–Crippen LogP) is 16.8. The summed E-state index contributed by atoms with van der Waals surface area (Å²) in [5.74, 6) is 0. The lowest BCUT2D eigenvalue weighted by molar-refractivity contribution is 1.55. The van der Waals surface area contributed by atoms with Gasteiger partial charge in [0.05, 0.1) is 0 Å². The second-order valence-corrected chi connectivity index (χ2v) is 15.6. The Balaban J connectivity index is 1.08. The molecule has 0 atom stereocenters. The van der Waals surface area contributed by atoms with Crippen molar-refractivity contribution in [2.75, 3.05) is 0 Å². The van der Waals surface area contributed by atoms with Gasteiger partial charge in [0.1, 0.15) is 0 Å². The van der Waals surface area contributed by atoms with Gasteiger partial charge in [-0.1, -0.05) is 218 Å². The molecule has 11 rings (SSSR count). The molecule has 0 unspecified atom stereocenters. The van der Waals surface area contributed by atoms with Gasteiger partial charge in [-0.3, -0.25) is 0 Å². The summed E-state index contributed by atoms with van der Waals surface area (Å²) in [6.07, 6.45) is 0. The molecule has 0 aromatic heterocycles. The van der Waals surface area contributed by atoms with Gasteiger partial charge >= 0.3 is 0 Å². The maximum absolute atomic E-state index is 2.43. The largest absolute Gasteiger partial charge is 0.0622 e. The van der Waals surface area contributed by atoms with E-state index < -0.39 is 0 Å². The average molecular weight is 761 g/mol. The van der Waals surface area contributed by atoms with E-state index in [-0.39, 0.29) is 0 Å². The molecule has 0 saturated carbocycles. The highest BCUT2D eigenvalue weighted by Crippen LogP contribution is 2.46. The first kappa shape index (κ1) is 35.4. The van der Waals surface area contributed by atoms with Crippen LogP contribution < -0.4 is 0 Å². The van der Waals surface area contributed by atoms with Crippen LogP contribution in [0.15, 0.2) is 243 Å². The quantitative estimate of drug-likeness (QED) is 0.142. The smallest absolute Gasteiger partial charge is 0.00261 e. The molecular weight excluding hydrogens is 721 g/mol. The van der Waals surface area contributed by atoms with Crippen LogP contribution >= 0.6 is 0 Å². The Kier molecular flexibility index (Phi) is 8.95. The van der Waals surface area contributed by atoms with Crippen molar-refractivity contribution in [3.05, 3.63) is 243 Å². The first-order valence-corrected chi connectivity index (χ1v) is 20.7. The first-order valence-electron chi connectivity index (χ1n) is 20.7. The van der Waals surface area contributed by atoms with Gasteiger partial charge in [-0.15, -0.1) is 0 Å². The van der Waals surface area contributed by atoms with Gasteiger partial charge in [0.15, 0.2) is 0 Å². The van der Waals surface area contributed by atoms with Crippen molar-refractivity contribution in [1.29, 1.82) is 0 Å². The topological polar surface area (TPSA) is 0 Å². The van der Waals surface area contributed by atoms with E-state index in [1.165, 1.54) is 110 Å². The van der Waals surface area contributed by atoms with Gasteiger partial charge in [0.2, 0.25) is 0 Å². The van der Waals surface area contributed by atoms with Crippen molar-refractivity contribution in [3.63, 3.8) is 0 Å². The van der Waals surface area contributed by atoms with Crippen molar-refractivity contribution >= 4 is 32.3 Å². The summed E-state index contributed by atoms with van der Waals surface area (Å²) >= 11 is 0. The van der Waals surface area contributed by atoms with E-state index in [1.54, 1.807) is 0 Å². The zero-order valence-electron chi connectivity index (χ0n) is 33.1. The molecule has 11 aromatic carbocycles. The highest BCUT2D eigenvalue weighted by molar-refractivity contribution is 6.21. The molecule has 0 aliphatic carbocycles. The van der Waals surface area contributed by atoms with Gasteiger partial charge in [0.25, 0.3) is 0 Å². The van der Waals surface area contributed by atoms with Crippen LogP contribution in [-0.2, 0) is 0 Å². The number of hydrogen-bond acceptors (Lipinski definition) is 0. The number of hydrogen-bond donors (Lipinski definition) is 0. The van der Waals surface area contributed by atoms with Crippen molar-refractivity contribution in [1.82, 2.24) is 0 Å². The van der Waals surface area contributed by atoms with Crippen LogP contribution in [-0.4, -0.2) is 0 Å². The Hall–Kier alpha value is -7.80. The number of fused-ring (bicyclic) bond motifs is 3. The molecule has 0 spiro atoms. The monoisotopic (exact) mass is 760 g/mol. The Bertz CT molecular complexity index is 3280. The van der Waals surface area contributed by atoms with E-state index in [0.29, 0.717) is 0 Å². The Morgan fingerprint density at radius 1 is 0.167 bits per heavy atom. The van der Waals surface area contributed by atoms with Gasteiger partial charge < -0.3 is 0 Å². The van der Waals surface area contributed by atoms with Crippen LogP contribution in [0.1, 0.15) is 0 Å². The molecule has 0 nitrogen and oxygen atoms in total. The van der Waals surface area contributed by atoms with Crippen molar-refractivity contribution in [3.8, 4) is 77.9 Å². The molecule has 0 radical (unpaired) electrons. The maximum atomic E-state index is 2.43. The fourth-order valence-electron chi connectivity index (χ4n) is 9.13. The van der Waals surface area contributed by atoms with Crippen LogP contribution in [0, 0.1) is 0 Å². The van der Waals surface area contributed by atoms with Crippen LogP contribution in [0.5, 0.6) is 0 Å². The van der Waals surface area contributed by atoms with Crippen LogP contribution in [0.3, 0.4) is 0 Å². The SMILES string of the molecule is c1ccc(-c2cccc(-c3ccc(-c4c5ccccc5c(-c5ccccc5)c5ccccc45)cc3-c3cccc(-c4ccc(-c5ccc6ccccc6c5)cc4)c3)c2)cc1. The minimum absolute atomic E-state index is 1.18. The third-order valence-corrected chi connectivity index (χ3v) is 12.1. The first-order chi connectivity index (χ1) is 29.7. The molecule has 11 aromatic rings. The van der Waals surface area contributed by atoms with Gasteiger partial charge in [-0.2, -0.15) is 0 Å². The maximum Gasteiger partial charge on any atom is -0.00261 e. The second kappa shape index (κ2) is 15.2. The van der Waals surface area contributed by atoms with Crippen LogP contribution in [0.4, 0.5) is 0 Å². The van der Waals surface area contributed by atoms with Crippen molar-refractivity contribution < 1.29 is 0 Å². The summed E-state index contributed by atoms with van der Waals surface area (Å²) in [5, 5.41) is 7.53. The highest BCUT2D eigenvalue weighted by atomic mass is 14.2. The molecule has 0 aliphatic heterocycles. The molecule has 60 heavy (non-hydrogen) atoms. The van der Waals surface area contributed by atoms with Crippen molar-refractivity contribution in [2.24, 2.45) is 0 Å². The minimum atomic E-state index is 1.18. The summed E-state index contributed by atoms with van der Waals surface area (Å²) in [4.78, 5) is 0. The molecular formula is C60H40. The van der Waals surface area contributed by atoms with Gasteiger partial charge in [0, 0.05) is 0 Å². The molecule has 0 amide bonds. The summed E-state index contributed by atoms with van der Waals surface area (Å²) in [6, 6.07) is 88.8. The lowest BCUT2D eigenvalue weighted by Crippen LogP contribution is -1.93. The van der Waals surface area contributed by atoms with E-state index in [4.69, 9.17) is 0 Å². The van der Waals surface area contributed by atoms with Crippen LogP contribution in [0.25, 0.3) is 110 Å². The Morgan fingerprint density at radius 2 is 0.550 bits per heavy atom. The summed E-state index contributed by atoms with van der Waals surface area (Å²) in [5.41, 5.74) is 17.0. The fourth-order valence-corrected chi connectivity index (χ4v) is 9.13. The third kappa shape index (κ3) is 6.46. The lowest BCUT2D eigenvalue weighted by atomic mass is 9.84. The molecule has 0 heteroatoms. The summed E-state index contributed by atoms with van der Waals surface area (Å²) < 4.78 is 0. The zero-order valence-corrected chi connectivity index (χ0v) is 33.1. The number of benzene rings is 11. The normalized spacial score (nSPS) is 11.3. The van der Waals surface area contributed by atoms with E-state index >= 15 is 0 Å². The fraction of sp³-hybridized carbons (Fsp3) is 0. The summed E-state index contributed by atoms with van der Waals surface area (Å²) in [7, 11) is 0. The Morgan fingerprint density at radius 3 is 1.13 bits per heavy atom. The molecule has 0 heterocycles. The molecule has 0 N–H and O–H groups in total. The molecule has 0 aliphatic rings. The van der Waals surface area contributed by atoms with E-state index in [1.807, 2.05) is 0 Å². The van der Waals surface area contributed by atoms with Gasteiger partial charge in [-0.25, -0.2) is 0 Å². The average Bonchev–Trinajstić information content (AvgIpc) is 3.33. The standard InChI is InChI=1S/C60H40/c1-3-15-41(16-4-1)47-21-13-23-50(38-47)53-36-35-52(60-56-27-11-9-25-54(56)59(45-18-5-2-6-19-45)55-26-10-12-28-57(55)60)40-58(53)51-24-14-22-48(39-51)43-29-31-44(32-30-43)49-34-33-42-17-7-8-20-46(42)37-49/h1-40H. The molecule has 0 fully saturated rings. The van der Waals surface area contributed by atoms with Gasteiger partial charge in [-0.05, 0) is 134 Å². The van der Waals surface area contributed by atoms with E-state index in [9.17, 15) is 0 Å². The highest BCUT2D eigenvalue weighted by Gasteiger charge is 2.19. The predicted molar refractivity (Wildman–Crippen MR) is 257 cm³/mol.